The van der Waals surface area contributed by atoms with E-state index in [1.54, 1.807) is 13.1 Å². The summed E-state index contributed by atoms with van der Waals surface area (Å²) >= 11 is 1.45. The molecule has 9 N–H and O–H groups in total. The molecule has 1 aromatic heterocycles. The number of para-hydroxylation sites is 1. The second-order valence-corrected chi connectivity index (χ2v) is 10.8. The smallest absolute Gasteiger partial charge is 0.326 e. The number of hydrogen-bond acceptors (Lipinski definition) is 7. The van der Waals surface area contributed by atoms with E-state index < -0.39 is 53.8 Å². The van der Waals surface area contributed by atoms with E-state index in [1.165, 1.54) is 11.8 Å². The van der Waals surface area contributed by atoms with Crippen LogP contribution in [-0.2, 0) is 30.4 Å². The normalized spacial score (nSPS) is 14.9. The summed E-state index contributed by atoms with van der Waals surface area (Å²) in [6.07, 6.45) is 4.13. The molecule has 0 saturated heterocycles. The van der Waals surface area contributed by atoms with Gasteiger partial charge in [0, 0.05) is 29.9 Å². The van der Waals surface area contributed by atoms with Crippen LogP contribution in [0.25, 0.3) is 10.9 Å². The van der Waals surface area contributed by atoms with E-state index in [9.17, 15) is 29.1 Å². The number of fused-ring (bicyclic) bond motifs is 1. The third-order valence-corrected chi connectivity index (χ3v) is 7.47. The van der Waals surface area contributed by atoms with Crippen molar-refractivity contribution >= 4 is 52.3 Å². The minimum absolute atomic E-state index is 0.0410. The minimum atomic E-state index is -1.19. The maximum atomic E-state index is 13.4. The van der Waals surface area contributed by atoms with Crippen LogP contribution in [0, 0.1) is 5.92 Å². The first-order chi connectivity index (χ1) is 19.0. The van der Waals surface area contributed by atoms with Crippen LogP contribution >= 0.6 is 11.8 Å². The molecule has 0 fully saturated rings. The number of carbonyl (C=O) groups excluding carboxylic acids is 4. The molecule has 0 aliphatic heterocycles. The average Bonchev–Trinajstić information content (AvgIpc) is 3.33. The van der Waals surface area contributed by atoms with Gasteiger partial charge in [-0.3, -0.25) is 19.2 Å². The highest BCUT2D eigenvalue weighted by Gasteiger charge is 2.31. The molecule has 2 rings (SSSR count). The van der Waals surface area contributed by atoms with Gasteiger partial charge in [-0.05, 0) is 42.4 Å². The SMILES string of the molecule is CCC(C)C(N)C(=O)NC(CCC(N)=O)C(=O)NC(Cc1c[nH]c2ccccc12)C(=O)NC(CCSC)C(=O)O. The van der Waals surface area contributed by atoms with Crippen molar-refractivity contribution in [3.8, 4) is 0 Å². The average molecular weight is 577 g/mol. The Morgan fingerprint density at radius 1 is 0.975 bits per heavy atom. The Morgan fingerprint density at radius 2 is 1.60 bits per heavy atom. The van der Waals surface area contributed by atoms with E-state index in [2.05, 4.69) is 20.9 Å². The van der Waals surface area contributed by atoms with Crippen molar-refractivity contribution in [3.05, 3.63) is 36.0 Å². The van der Waals surface area contributed by atoms with Crippen LogP contribution in [0.1, 0.15) is 45.1 Å². The van der Waals surface area contributed by atoms with Crippen molar-refractivity contribution in [2.75, 3.05) is 12.0 Å². The molecule has 1 heterocycles. The summed E-state index contributed by atoms with van der Waals surface area (Å²) in [5.41, 5.74) is 12.9. The number of carboxylic acids is 1. The number of hydrogen-bond donors (Lipinski definition) is 7. The van der Waals surface area contributed by atoms with Crippen molar-refractivity contribution in [2.45, 2.75) is 70.1 Å². The monoisotopic (exact) mass is 576 g/mol. The largest absolute Gasteiger partial charge is 0.480 e. The van der Waals surface area contributed by atoms with Gasteiger partial charge >= 0.3 is 5.97 Å². The molecule has 12 nitrogen and oxygen atoms in total. The van der Waals surface area contributed by atoms with E-state index >= 15 is 0 Å². The molecule has 5 atom stereocenters. The zero-order chi connectivity index (χ0) is 29.8. The number of rotatable bonds is 17. The van der Waals surface area contributed by atoms with Crippen molar-refractivity contribution < 1.29 is 29.1 Å². The van der Waals surface area contributed by atoms with Gasteiger partial charge in [0.05, 0.1) is 6.04 Å². The van der Waals surface area contributed by atoms with Crippen molar-refractivity contribution in [1.29, 1.82) is 0 Å². The van der Waals surface area contributed by atoms with Crippen LogP contribution < -0.4 is 27.4 Å². The molecule has 0 aliphatic carbocycles. The summed E-state index contributed by atoms with van der Waals surface area (Å²) in [7, 11) is 0. The number of carbonyl (C=O) groups is 5. The molecule has 0 bridgehead atoms. The molecule has 220 valence electrons. The topological polar surface area (TPSA) is 209 Å². The Kier molecular flexibility index (Phi) is 12.9. The van der Waals surface area contributed by atoms with Gasteiger partial charge in [-0.2, -0.15) is 11.8 Å². The number of primary amides is 1. The number of aromatic amines is 1. The summed E-state index contributed by atoms with van der Waals surface area (Å²) in [6.45, 7) is 3.69. The predicted octanol–water partition coefficient (Wildman–Crippen LogP) is 0.641. The number of nitrogens with two attached hydrogens (primary N) is 2. The quantitative estimate of drug-likeness (QED) is 0.142. The maximum absolute atomic E-state index is 13.4. The summed E-state index contributed by atoms with van der Waals surface area (Å²) in [4.78, 5) is 65.9. The highest BCUT2D eigenvalue weighted by molar-refractivity contribution is 7.98. The molecule has 0 radical (unpaired) electrons. The van der Waals surface area contributed by atoms with E-state index in [1.807, 2.05) is 37.4 Å². The molecule has 40 heavy (non-hydrogen) atoms. The van der Waals surface area contributed by atoms with E-state index in [0.29, 0.717) is 12.2 Å². The highest BCUT2D eigenvalue weighted by Crippen LogP contribution is 2.19. The predicted molar refractivity (Wildman–Crippen MR) is 154 cm³/mol. The van der Waals surface area contributed by atoms with Gasteiger partial charge in [-0.15, -0.1) is 0 Å². The lowest BCUT2D eigenvalue weighted by Gasteiger charge is -2.26. The lowest BCUT2D eigenvalue weighted by Crippen LogP contribution is -2.58. The number of benzene rings is 1. The molecular weight excluding hydrogens is 536 g/mol. The third kappa shape index (κ3) is 9.56. The van der Waals surface area contributed by atoms with Crippen molar-refractivity contribution in [2.24, 2.45) is 17.4 Å². The van der Waals surface area contributed by atoms with Gasteiger partial charge < -0.3 is 37.5 Å². The van der Waals surface area contributed by atoms with Crippen LogP contribution in [0.3, 0.4) is 0 Å². The first-order valence-corrected chi connectivity index (χ1v) is 14.6. The number of amides is 4. The summed E-state index contributed by atoms with van der Waals surface area (Å²) in [5, 5.41) is 18.2. The number of nitrogens with one attached hydrogen (secondary N) is 4. The van der Waals surface area contributed by atoms with Crippen molar-refractivity contribution in [3.63, 3.8) is 0 Å². The second kappa shape index (κ2) is 15.9. The number of aromatic nitrogens is 1. The Hall–Kier alpha value is -3.58. The van der Waals surface area contributed by atoms with Gasteiger partial charge in [0.25, 0.3) is 0 Å². The van der Waals surface area contributed by atoms with E-state index in [0.717, 1.165) is 16.5 Å². The zero-order valence-corrected chi connectivity index (χ0v) is 23.9. The van der Waals surface area contributed by atoms with Gasteiger partial charge in [0.1, 0.15) is 18.1 Å². The van der Waals surface area contributed by atoms with Crippen molar-refractivity contribution in [1.82, 2.24) is 20.9 Å². The fraction of sp³-hybridized carbons (Fsp3) is 0.519. The van der Waals surface area contributed by atoms with Crippen LogP contribution in [0.2, 0.25) is 0 Å². The maximum Gasteiger partial charge on any atom is 0.326 e. The molecule has 4 amide bonds. The fourth-order valence-corrected chi connectivity index (χ4v) is 4.57. The second-order valence-electron chi connectivity index (χ2n) is 9.78. The van der Waals surface area contributed by atoms with Crippen LogP contribution in [0.4, 0.5) is 0 Å². The van der Waals surface area contributed by atoms with Gasteiger partial charge in [0.2, 0.25) is 23.6 Å². The standard InChI is InChI=1S/C27H40N6O6S/c1-4-15(2)23(29)26(37)31-19(9-10-22(28)34)24(35)33-21(25(36)32-20(27(38)39)11-12-40-3)13-16-14-30-18-8-6-5-7-17(16)18/h5-8,14-15,19-21,23,30H,4,9-13,29H2,1-3H3,(H2,28,34)(H,31,37)(H,32,36)(H,33,35)(H,38,39). The summed E-state index contributed by atoms with van der Waals surface area (Å²) in [5.74, 6) is -3.48. The lowest BCUT2D eigenvalue weighted by molar-refractivity contribution is -0.142. The number of thioether (sulfide) groups is 1. The van der Waals surface area contributed by atoms with Crippen LogP contribution in [-0.4, -0.2) is 75.9 Å². The number of carboxylic acid groups (broad SMARTS) is 1. The molecule has 1 aromatic carbocycles. The first kappa shape index (κ1) is 32.6. The number of aliphatic carboxylic acids is 1. The molecule has 13 heteroatoms. The Morgan fingerprint density at radius 3 is 2.23 bits per heavy atom. The lowest BCUT2D eigenvalue weighted by atomic mass is 9.98. The molecule has 0 spiro atoms. The minimum Gasteiger partial charge on any atom is -0.480 e. The molecule has 0 saturated carbocycles. The van der Waals surface area contributed by atoms with Crippen LogP contribution in [0.15, 0.2) is 30.5 Å². The first-order valence-electron chi connectivity index (χ1n) is 13.2. The summed E-state index contributed by atoms with van der Waals surface area (Å²) < 4.78 is 0. The molecular formula is C27H40N6O6S. The van der Waals surface area contributed by atoms with Gasteiger partial charge in [-0.1, -0.05) is 38.5 Å². The Labute approximate surface area is 237 Å². The van der Waals surface area contributed by atoms with E-state index in [-0.39, 0.29) is 31.6 Å². The van der Waals surface area contributed by atoms with Crippen LogP contribution in [0.5, 0.6) is 0 Å². The summed E-state index contributed by atoms with van der Waals surface area (Å²) in [6, 6.07) is 3.01. The molecule has 0 aliphatic rings. The Balaban J connectivity index is 2.33. The third-order valence-electron chi connectivity index (χ3n) is 6.83. The fourth-order valence-electron chi connectivity index (χ4n) is 4.10. The molecule has 2 aromatic rings. The Bertz CT molecular complexity index is 1190. The van der Waals surface area contributed by atoms with E-state index in [4.69, 9.17) is 11.5 Å². The van der Waals surface area contributed by atoms with Gasteiger partial charge in [0.15, 0.2) is 0 Å². The molecule has 5 unspecified atom stereocenters. The zero-order valence-electron chi connectivity index (χ0n) is 23.1. The van der Waals surface area contributed by atoms with Gasteiger partial charge in [-0.25, -0.2) is 4.79 Å². The highest BCUT2D eigenvalue weighted by atomic mass is 32.2. The number of H-pyrrole nitrogens is 1.